The lowest BCUT2D eigenvalue weighted by Gasteiger charge is -2.36. The maximum absolute atomic E-state index is 11.0. The average Bonchev–Trinajstić information content (AvgIpc) is 2.16. The molecule has 2 atom stereocenters. The van der Waals surface area contributed by atoms with Crippen molar-refractivity contribution in [1.82, 2.24) is 15.5 Å². The molecule has 0 spiro atoms. The Morgan fingerprint density at radius 2 is 2.00 bits per heavy atom. The van der Waals surface area contributed by atoms with E-state index in [2.05, 4.69) is 29.4 Å². The standard InChI is InChI=1S/C11H23N3O/c1-9-7-14(8-10(2)13-9)6-4-5-11(15)12-3/h9-10,13H,4-8H2,1-3H3,(H,12,15). The molecule has 88 valence electrons. The highest BCUT2D eigenvalue weighted by molar-refractivity contribution is 5.75. The third-order valence-corrected chi connectivity index (χ3v) is 2.79. The zero-order chi connectivity index (χ0) is 11.3. The number of piperazine rings is 1. The Morgan fingerprint density at radius 1 is 1.40 bits per heavy atom. The SMILES string of the molecule is CNC(=O)CCCN1CC(C)NC(C)C1. The molecule has 1 aliphatic rings. The molecule has 1 rings (SSSR count). The number of amides is 1. The number of nitrogens with zero attached hydrogens (tertiary/aromatic N) is 1. The van der Waals surface area contributed by atoms with E-state index in [9.17, 15) is 4.79 Å². The summed E-state index contributed by atoms with van der Waals surface area (Å²) in [6.45, 7) is 7.64. The molecule has 0 aliphatic carbocycles. The van der Waals surface area contributed by atoms with E-state index in [1.807, 2.05) is 0 Å². The van der Waals surface area contributed by atoms with Gasteiger partial charge in [-0.05, 0) is 26.8 Å². The first-order valence-electron chi connectivity index (χ1n) is 5.80. The van der Waals surface area contributed by atoms with Gasteiger partial charge in [-0.25, -0.2) is 0 Å². The van der Waals surface area contributed by atoms with Crippen LogP contribution in [0.25, 0.3) is 0 Å². The van der Waals surface area contributed by atoms with Crippen molar-refractivity contribution in [3.05, 3.63) is 0 Å². The van der Waals surface area contributed by atoms with Crippen LogP contribution in [0.1, 0.15) is 26.7 Å². The summed E-state index contributed by atoms with van der Waals surface area (Å²) in [6, 6.07) is 1.13. The molecule has 15 heavy (non-hydrogen) atoms. The zero-order valence-electron chi connectivity index (χ0n) is 10.0. The second-order valence-corrected chi connectivity index (χ2v) is 4.51. The van der Waals surface area contributed by atoms with Gasteiger partial charge in [0.2, 0.25) is 5.91 Å². The first-order valence-corrected chi connectivity index (χ1v) is 5.80. The van der Waals surface area contributed by atoms with E-state index in [0.717, 1.165) is 26.1 Å². The fraction of sp³-hybridized carbons (Fsp3) is 0.909. The largest absolute Gasteiger partial charge is 0.359 e. The first-order chi connectivity index (χ1) is 7.11. The van der Waals surface area contributed by atoms with Crippen LogP contribution in [0.15, 0.2) is 0 Å². The lowest BCUT2D eigenvalue weighted by molar-refractivity contribution is -0.120. The number of carbonyl (C=O) groups excluding carboxylic acids is 1. The maximum atomic E-state index is 11.0. The molecule has 1 saturated heterocycles. The zero-order valence-corrected chi connectivity index (χ0v) is 10.0. The highest BCUT2D eigenvalue weighted by Gasteiger charge is 2.20. The minimum atomic E-state index is 0.145. The van der Waals surface area contributed by atoms with E-state index < -0.39 is 0 Å². The van der Waals surface area contributed by atoms with Crippen molar-refractivity contribution < 1.29 is 4.79 Å². The van der Waals surface area contributed by atoms with Gasteiger partial charge in [0, 0.05) is 38.6 Å². The average molecular weight is 213 g/mol. The molecule has 4 nitrogen and oxygen atoms in total. The lowest BCUT2D eigenvalue weighted by Crippen LogP contribution is -2.54. The molecule has 1 aliphatic heterocycles. The van der Waals surface area contributed by atoms with Crippen molar-refractivity contribution in [1.29, 1.82) is 0 Å². The van der Waals surface area contributed by atoms with Gasteiger partial charge < -0.3 is 15.5 Å². The van der Waals surface area contributed by atoms with Crippen molar-refractivity contribution in [2.75, 3.05) is 26.7 Å². The summed E-state index contributed by atoms with van der Waals surface area (Å²) in [7, 11) is 1.69. The fourth-order valence-electron chi connectivity index (χ4n) is 2.21. The summed E-state index contributed by atoms with van der Waals surface area (Å²) in [5.41, 5.74) is 0. The van der Waals surface area contributed by atoms with Crippen LogP contribution >= 0.6 is 0 Å². The second kappa shape index (κ2) is 6.08. The van der Waals surface area contributed by atoms with E-state index in [1.165, 1.54) is 0 Å². The van der Waals surface area contributed by atoms with E-state index in [-0.39, 0.29) is 5.91 Å². The maximum Gasteiger partial charge on any atom is 0.219 e. The first kappa shape index (κ1) is 12.5. The van der Waals surface area contributed by atoms with Crippen LogP contribution in [0, 0.1) is 0 Å². The molecule has 0 aromatic rings. The van der Waals surface area contributed by atoms with Crippen LogP contribution in [0.3, 0.4) is 0 Å². The molecule has 2 N–H and O–H groups in total. The lowest BCUT2D eigenvalue weighted by atomic mass is 10.1. The number of rotatable bonds is 4. The molecule has 0 aromatic carbocycles. The summed E-state index contributed by atoms with van der Waals surface area (Å²) >= 11 is 0. The van der Waals surface area contributed by atoms with Gasteiger partial charge in [-0.2, -0.15) is 0 Å². The molecular weight excluding hydrogens is 190 g/mol. The molecule has 0 saturated carbocycles. The van der Waals surface area contributed by atoms with Gasteiger partial charge in [0.25, 0.3) is 0 Å². The summed E-state index contributed by atoms with van der Waals surface area (Å²) in [5.74, 6) is 0.145. The molecular formula is C11H23N3O. The van der Waals surface area contributed by atoms with Crippen LogP contribution in [0.4, 0.5) is 0 Å². The monoisotopic (exact) mass is 213 g/mol. The normalized spacial score (nSPS) is 27.7. The van der Waals surface area contributed by atoms with Crippen LogP contribution in [0.5, 0.6) is 0 Å². The Balaban J connectivity index is 2.17. The van der Waals surface area contributed by atoms with Gasteiger partial charge in [0.15, 0.2) is 0 Å². The minimum Gasteiger partial charge on any atom is -0.359 e. The van der Waals surface area contributed by atoms with Crippen LogP contribution in [0.2, 0.25) is 0 Å². The van der Waals surface area contributed by atoms with Gasteiger partial charge in [0.05, 0.1) is 0 Å². The Bertz CT molecular complexity index is 198. The summed E-state index contributed by atoms with van der Waals surface area (Å²) in [5, 5.41) is 6.15. The predicted molar refractivity (Wildman–Crippen MR) is 61.8 cm³/mol. The van der Waals surface area contributed by atoms with Crippen LogP contribution in [-0.2, 0) is 4.79 Å². The van der Waals surface area contributed by atoms with E-state index in [1.54, 1.807) is 7.05 Å². The molecule has 2 unspecified atom stereocenters. The van der Waals surface area contributed by atoms with Crippen molar-refractivity contribution in [3.63, 3.8) is 0 Å². The van der Waals surface area contributed by atoms with Gasteiger partial charge in [-0.1, -0.05) is 0 Å². The topological polar surface area (TPSA) is 44.4 Å². The van der Waals surface area contributed by atoms with Crippen molar-refractivity contribution in [3.8, 4) is 0 Å². The Kier molecular flexibility index (Phi) is 5.05. The summed E-state index contributed by atoms with van der Waals surface area (Å²) < 4.78 is 0. The minimum absolute atomic E-state index is 0.145. The molecule has 0 aromatic heterocycles. The molecule has 0 bridgehead atoms. The van der Waals surface area contributed by atoms with Crippen molar-refractivity contribution in [2.45, 2.75) is 38.8 Å². The number of hydrogen-bond acceptors (Lipinski definition) is 3. The number of carbonyl (C=O) groups is 1. The molecule has 1 heterocycles. The smallest absolute Gasteiger partial charge is 0.219 e. The van der Waals surface area contributed by atoms with E-state index >= 15 is 0 Å². The molecule has 4 heteroatoms. The van der Waals surface area contributed by atoms with Gasteiger partial charge in [-0.3, -0.25) is 4.79 Å². The second-order valence-electron chi connectivity index (χ2n) is 4.51. The van der Waals surface area contributed by atoms with Crippen molar-refractivity contribution >= 4 is 5.91 Å². The third kappa shape index (κ3) is 4.62. The van der Waals surface area contributed by atoms with E-state index in [0.29, 0.717) is 18.5 Å². The van der Waals surface area contributed by atoms with Crippen molar-refractivity contribution in [2.24, 2.45) is 0 Å². The highest BCUT2D eigenvalue weighted by atomic mass is 16.1. The van der Waals surface area contributed by atoms with Gasteiger partial charge in [-0.15, -0.1) is 0 Å². The fourth-order valence-corrected chi connectivity index (χ4v) is 2.21. The Morgan fingerprint density at radius 3 is 2.53 bits per heavy atom. The van der Waals surface area contributed by atoms with Crippen LogP contribution < -0.4 is 10.6 Å². The predicted octanol–water partition coefficient (Wildman–Crippen LogP) is 0.195. The summed E-state index contributed by atoms with van der Waals surface area (Å²) in [6.07, 6.45) is 1.60. The quantitative estimate of drug-likeness (QED) is 0.701. The molecule has 1 amide bonds. The molecule has 1 fully saturated rings. The van der Waals surface area contributed by atoms with Gasteiger partial charge >= 0.3 is 0 Å². The highest BCUT2D eigenvalue weighted by Crippen LogP contribution is 2.05. The molecule has 0 radical (unpaired) electrons. The van der Waals surface area contributed by atoms with Crippen LogP contribution in [-0.4, -0.2) is 49.6 Å². The van der Waals surface area contributed by atoms with Gasteiger partial charge in [0.1, 0.15) is 0 Å². The Labute approximate surface area is 92.4 Å². The summed E-state index contributed by atoms with van der Waals surface area (Å²) in [4.78, 5) is 13.5. The van der Waals surface area contributed by atoms with E-state index in [4.69, 9.17) is 0 Å². The third-order valence-electron chi connectivity index (χ3n) is 2.79. The number of nitrogens with one attached hydrogen (secondary N) is 2. The Hall–Kier alpha value is -0.610. The number of hydrogen-bond donors (Lipinski definition) is 2.